The summed E-state index contributed by atoms with van der Waals surface area (Å²) < 4.78 is 16.6. The molecule has 0 spiro atoms. The number of methoxy groups -OCH3 is 2. The number of hydrogen-bond donors (Lipinski definition) is 2. The minimum atomic E-state index is -0.775. The van der Waals surface area contributed by atoms with E-state index < -0.39 is 18.0 Å². The number of para-hydroxylation sites is 1. The predicted molar refractivity (Wildman–Crippen MR) is 117 cm³/mol. The Morgan fingerprint density at radius 2 is 1.90 bits per heavy atom. The fraction of sp³-hybridized carbons (Fsp3) is 0.304. The summed E-state index contributed by atoms with van der Waals surface area (Å²) in [7, 11) is 2.84. The van der Waals surface area contributed by atoms with Gasteiger partial charge in [-0.3, -0.25) is 0 Å². The van der Waals surface area contributed by atoms with Crippen LogP contribution in [0, 0.1) is 5.92 Å². The lowest BCUT2D eigenvalue weighted by molar-refractivity contribution is -0.136. The molecule has 31 heavy (non-hydrogen) atoms. The van der Waals surface area contributed by atoms with Crippen molar-refractivity contribution in [2.75, 3.05) is 14.2 Å². The molecule has 8 heteroatoms. The van der Waals surface area contributed by atoms with Gasteiger partial charge in [-0.15, -0.1) is 0 Å². The number of urea groups is 1. The van der Waals surface area contributed by atoms with Crippen LogP contribution in [0.4, 0.5) is 4.79 Å². The summed E-state index contributed by atoms with van der Waals surface area (Å²) in [6, 6.07) is 11.4. The summed E-state index contributed by atoms with van der Waals surface area (Å²) in [6.07, 6.45) is 0. The Morgan fingerprint density at radius 3 is 2.55 bits per heavy atom. The molecule has 0 bridgehead atoms. The molecule has 3 rings (SSSR count). The molecule has 0 saturated carbocycles. The molecule has 2 aromatic carbocycles. The van der Waals surface area contributed by atoms with Gasteiger partial charge >= 0.3 is 12.0 Å². The number of amides is 2. The molecule has 1 aliphatic heterocycles. The van der Waals surface area contributed by atoms with E-state index in [1.807, 2.05) is 26.0 Å². The lowest BCUT2D eigenvalue weighted by Gasteiger charge is -2.31. The average molecular weight is 445 g/mol. The molecule has 0 fully saturated rings. The van der Waals surface area contributed by atoms with Gasteiger partial charge in [0.05, 0.1) is 25.8 Å². The predicted octanol–water partition coefficient (Wildman–Crippen LogP) is 4.36. The van der Waals surface area contributed by atoms with Gasteiger partial charge in [0.25, 0.3) is 0 Å². The van der Waals surface area contributed by atoms with Crippen LogP contribution in [-0.4, -0.2) is 26.2 Å². The Labute approximate surface area is 186 Å². The van der Waals surface area contributed by atoms with Crippen LogP contribution in [-0.2, 0) is 16.1 Å². The fourth-order valence-corrected chi connectivity index (χ4v) is 3.68. The first-order chi connectivity index (χ1) is 14.8. The van der Waals surface area contributed by atoms with E-state index in [9.17, 15) is 9.59 Å². The zero-order valence-corrected chi connectivity index (χ0v) is 18.6. The molecule has 1 unspecified atom stereocenters. The maximum Gasteiger partial charge on any atom is 0.337 e. The molecule has 2 aromatic rings. The first-order valence-electron chi connectivity index (χ1n) is 9.79. The summed E-state index contributed by atoms with van der Waals surface area (Å²) in [5, 5.41) is 6.15. The Bertz CT molecular complexity index is 1020. The van der Waals surface area contributed by atoms with Crippen LogP contribution >= 0.6 is 11.6 Å². The van der Waals surface area contributed by atoms with Crippen molar-refractivity contribution in [1.82, 2.24) is 10.6 Å². The minimum absolute atomic E-state index is 0.107. The standard InChI is InChI=1S/C23H25ClN2O5/c1-13(2)19-18(22(27)30-4)20(26-23(28)25-19)16-9-6-10-17(29-3)21(16)31-12-14-7-5-8-15(24)11-14/h5-11,13,20H,12H2,1-4H3,(H2,25,26,28). The third-order valence-corrected chi connectivity index (χ3v) is 5.13. The van der Waals surface area contributed by atoms with Crippen molar-refractivity contribution >= 4 is 23.6 Å². The van der Waals surface area contributed by atoms with E-state index in [0.29, 0.717) is 33.4 Å². The third-order valence-electron chi connectivity index (χ3n) is 4.90. The van der Waals surface area contributed by atoms with Gasteiger partial charge in [-0.05, 0) is 29.7 Å². The monoisotopic (exact) mass is 444 g/mol. The zero-order valence-electron chi connectivity index (χ0n) is 17.8. The molecular formula is C23H25ClN2O5. The first-order valence-corrected chi connectivity index (χ1v) is 10.2. The second-order valence-electron chi connectivity index (χ2n) is 7.30. The molecule has 1 heterocycles. The molecule has 1 atom stereocenters. The average Bonchev–Trinajstić information content (AvgIpc) is 2.76. The number of nitrogens with one attached hydrogen (secondary N) is 2. The lowest BCUT2D eigenvalue weighted by atomic mass is 9.91. The summed E-state index contributed by atoms with van der Waals surface area (Å²) in [4.78, 5) is 25.1. The number of carbonyl (C=O) groups excluding carboxylic acids is 2. The maximum absolute atomic E-state index is 12.7. The minimum Gasteiger partial charge on any atom is -0.493 e. The van der Waals surface area contributed by atoms with Gasteiger partial charge in [-0.2, -0.15) is 0 Å². The van der Waals surface area contributed by atoms with E-state index in [1.165, 1.54) is 14.2 Å². The molecule has 0 aromatic heterocycles. The van der Waals surface area contributed by atoms with Gasteiger partial charge in [0.15, 0.2) is 11.5 Å². The van der Waals surface area contributed by atoms with Crippen LogP contribution in [0.3, 0.4) is 0 Å². The molecular weight excluding hydrogens is 420 g/mol. The molecule has 164 valence electrons. The topological polar surface area (TPSA) is 85.9 Å². The van der Waals surface area contributed by atoms with E-state index in [1.54, 1.807) is 30.3 Å². The van der Waals surface area contributed by atoms with Gasteiger partial charge in [-0.25, -0.2) is 9.59 Å². The Hall–Kier alpha value is -3.19. The van der Waals surface area contributed by atoms with Gasteiger partial charge in [-0.1, -0.05) is 49.7 Å². The summed E-state index contributed by atoms with van der Waals surface area (Å²) in [6.45, 7) is 4.01. The van der Waals surface area contributed by atoms with Gasteiger partial charge in [0, 0.05) is 16.3 Å². The first kappa shape index (κ1) is 22.5. The molecule has 2 N–H and O–H groups in total. The SMILES string of the molecule is COC(=O)C1=C(C(C)C)NC(=O)NC1c1cccc(OC)c1OCc1cccc(Cl)c1. The van der Waals surface area contributed by atoms with Crippen LogP contribution < -0.4 is 20.1 Å². The molecule has 0 saturated heterocycles. The number of rotatable bonds is 7. The quantitative estimate of drug-likeness (QED) is 0.619. The molecule has 7 nitrogen and oxygen atoms in total. The summed E-state index contributed by atoms with van der Waals surface area (Å²) in [5.41, 5.74) is 2.27. The van der Waals surface area contributed by atoms with Crippen LogP contribution in [0.25, 0.3) is 0 Å². The van der Waals surface area contributed by atoms with Crippen molar-refractivity contribution in [3.63, 3.8) is 0 Å². The second kappa shape index (κ2) is 9.75. The van der Waals surface area contributed by atoms with Crippen molar-refractivity contribution in [3.8, 4) is 11.5 Å². The third kappa shape index (κ3) is 4.94. The number of halogens is 1. The number of esters is 1. The summed E-state index contributed by atoms with van der Waals surface area (Å²) >= 11 is 6.08. The number of benzene rings is 2. The van der Waals surface area contributed by atoms with Crippen molar-refractivity contribution < 1.29 is 23.8 Å². The van der Waals surface area contributed by atoms with E-state index in [0.717, 1.165) is 5.56 Å². The maximum atomic E-state index is 12.7. The highest BCUT2D eigenvalue weighted by molar-refractivity contribution is 6.30. The fourth-order valence-electron chi connectivity index (χ4n) is 3.47. The summed E-state index contributed by atoms with van der Waals surface area (Å²) in [5.74, 6) is 0.248. The molecule has 0 radical (unpaired) electrons. The molecule has 2 amide bonds. The molecule has 1 aliphatic rings. The van der Waals surface area contributed by atoms with Crippen molar-refractivity contribution in [1.29, 1.82) is 0 Å². The van der Waals surface area contributed by atoms with Gasteiger partial charge in [0.2, 0.25) is 0 Å². The number of carbonyl (C=O) groups is 2. The van der Waals surface area contributed by atoms with E-state index in [4.69, 9.17) is 25.8 Å². The Morgan fingerprint density at radius 1 is 1.16 bits per heavy atom. The van der Waals surface area contributed by atoms with Gasteiger partial charge in [0.1, 0.15) is 6.61 Å². The molecule has 0 aliphatic carbocycles. The highest BCUT2D eigenvalue weighted by Crippen LogP contribution is 2.40. The van der Waals surface area contributed by atoms with Crippen LogP contribution in [0.5, 0.6) is 11.5 Å². The number of allylic oxidation sites excluding steroid dienone is 1. The smallest absolute Gasteiger partial charge is 0.337 e. The lowest BCUT2D eigenvalue weighted by Crippen LogP contribution is -2.47. The Kier molecular flexibility index (Phi) is 7.07. The highest BCUT2D eigenvalue weighted by atomic mass is 35.5. The van der Waals surface area contributed by atoms with Crippen molar-refractivity contribution in [2.24, 2.45) is 5.92 Å². The van der Waals surface area contributed by atoms with Crippen LogP contribution in [0.2, 0.25) is 5.02 Å². The van der Waals surface area contributed by atoms with E-state index in [2.05, 4.69) is 10.6 Å². The van der Waals surface area contributed by atoms with Gasteiger partial charge < -0.3 is 24.8 Å². The van der Waals surface area contributed by atoms with Crippen molar-refractivity contribution in [3.05, 3.63) is 69.9 Å². The highest BCUT2D eigenvalue weighted by Gasteiger charge is 2.36. The van der Waals surface area contributed by atoms with Crippen LogP contribution in [0.1, 0.15) is 31.0 Å². The number of hydrogen-bond acceptors (Lipinski definition) is 5. The van der Waals surface area contributed by atoms with E-state index in [-0.39, 0.29) is 12.5 Å². The normalized spacial score (nSPS) is 15.9. The van der Waals surface area contributed by atoms with Crippen LogP contribution in [0.15, 0.2) is 53.7 Å². The van der Waals surface area contributed by atoms with Crippen molar-refractivity contribution in [2.45, 2.75) is 26.5 Å². The van der Waals surface area contributed by atoms with E-state index >= 15 is 0 Å². The largest absolute Gasteiger partial charge is 0.493 e. The Balaban J connectivity index is 2.08. The zero-order chi connectivity index (χ0) is 22.5. The number of ether oxygens (including phenoxy) is 3. The second-order valence-corrected chi connectivity index (χ2v) is 7.74.